The Bertz CT molecular complexity index is 1050. The van der Waals surface area contributed by atoms with Gasteiger partial charge in [-0.3, -0.25) is 9.59 Å². The summed E-state index contributed by atoms with van der Waals surface area (Å²) in [4.78, 5) is 27.0. The Hall–Kier alpha value is -3.47. The van der Waals surface area contributed by atoms with Gasteiger partial charge in [0.25, 0.3) is 5.91 Å². The van der Waals surface area contributed by atoms with E-state index in [1.165, 1.54) is 31.0 Å². The molecule has 0 atom stereocenters. The van der Waals surface area contributed by atoms with Crippen molar-refractivity contribution in [3.63, 3.8) is 0 Å². The lowest BCUT2D eigenvalue weighted by Gasteiger charge is -2.23. The molecule has 1 fully saturated rings. The summed E-state index contributed by atoms with van der Waals surface area (Å²) in [6.45, 7) is 1.11. The molecule has 0 bridgehead atoms. The lowest BCUT2D eigenvalue weighted by atomic mass is 10.1. The van der Waals surface area contributed by atoms with Gasteiger partial charge in [0.2, 0.25) is 5.91 Å². The van der Waals surface area contributed by atoms with Crippen LogP contribution in [0.2, 0.25) is 0 Å². The van der Waals surface area contributed by atoms with Gasteiger partial charge in [0, 0.05) is 17.8 Å². The van der Waals surface area contributed by atoms with E-state index in [2.05, 4.69) is 5.32 Å². The molecule has 4 rings (SSSR count). The topological polar surface area (TPSA) is 49.4 Å². The number of nitrogens with zero attached hydrogens (tertiary/aromatic N) is 1. The number of carbonyl (C=O) groups excluding carboxylic acids is 2. The molecule has 0 aromatic heterocycles. The number of amides is 2. The van der Waals surface area contributed by atoms with Crippen molar-refractivity contribution >= 4 is 17.5 Å². The standard InChI is InChI=1S/C26H25FN2O2/c27-23-8-4-7-22(16-23)26(31)29(18-21-5-2-1-3-6-21)24-13-11-19(12-14-24)15-25(30)28-17-20-9-10-20/h1-8,11-14,16,20H,9-10,15,17-18H2,(H,28,30). The van der Waals surface area contributed by atoms with Gasteiger partial charge in [0.1, 0.15) is 5.82 Å². The molecule has 1 N–H and O–H groups in total. The number of hydrogen-bond acceptors (Lipinski definition) is 2. The van der Waals surface area contributed by atoms with E-state index in [1.54, 1.807) is 11.0 Å². The number of halogens is 1. The highest BCUT2D eigenvalue weighted by Gasteiger charge is 2.22. The maximum Gasteiger partial charge on any atom is 0.258 e. The normalized spacial score (nSPS) is 12.9. The van der Waals surface area contributed by atoms with E-state index in [9.17, 15) is 14.0 Å². The summed E-state index contributed by atoms with van der Waals surface area (Å²) < 4.78 is 13.7. The molecule has 2 amide bonds. The smallest absolute Gasteiger partial charge is 0.258 e. The van der Waals surface area contributed by atoms with Gasteiger partial charge in [-0.1, -0.05) is 48.5 Å². The highest BCUT2D eigenvalue weighted by atomic mass is 19.1. The molecule has 0 heterocycles. The Labute approximate surface area is 181 Å². The summed E-state index contributed by atoms with van der Waals surface area (Å²) in [5.41, 5.74) is 2.84. The van der Waals surface area contributed by atoms with Crippen LogP contribution in [0.25, 0.3) is 0 Å². The molecule has 3 aromatic carbocycles. The summed E-state index contributed by atoms with van der Waals surface area (Å²) in [5.74, 6) is -0.0697. The molecular weight excluding hydrogens is 391 g/mol. The quantitative estimate of drug-likeness (QED) is 0.577. The fourth-order valence-corrected chi connectivity index (χ4v) is 3.45. The molecule has 0 saturated heterocycles. The van der Waals surface area contributed by atoms with Gasteiger partial charge in [0.05, 0.1) is 13.0 Å². The van der Waals surface area contributed by atoms with Gasteiger partial charge in [-0.2, -0.15) is 0 Å². The molecule has 1 aliphatic carbocycles. The number of hydrogen-bond donors (Lipinski definition) is 1. The van der Waals surface area contributed by atoms with Crippen molar-refractivity contribution in [2.45, 2.75) is 25.8 Å². The van der Waals surface area contributed by atoms with Crippen LogP contribution in [0.3, 0.4) is 0 Å². The first-order chi connectivity index (χ1) is 15.1. The third-order valence-electron chi connectivity index (χ3n) is 5.40. The molecule has 0 spiro atoms. The van der Waals surface area contributed by atoms with E-state index >= 15 is 0 Å². The Morgan fingerprint density at radius 1 is 0.903 bits per heavy atom. The molecule has 4 nitrogen and oxygen atoms in total. The minimum atomic E-state index is -0.446. The van der Waals surface area contributed by atoms with Gasteiger partial charge < -0.3 is 10.2 Å². The summed E-state index contributed by atoms with van der Waals surface area (Å²) >= 11 is 0. The number of carbonyl (C=O) groups is 2. The molecule has 0 unspecified atom stereocenters. The molecule has 3 aromatic rings. The maximum absolute atomic E-state index is 13.7. The van der Waals surface area contributed by atoms with E-state index in [-0.39, 0.29) is 11.8 Å². The maximum atomic E-state index is 13.7. The zero-order valence-corrected chi connectivity index (χ0v) is 17.3. The number of nitrogens with one attached hydrogen (secondary N) is 1. The van der Waals surface area contributed by atoms with Gasteiger partial charge in [-0.05, 0) is 60.2 Å². The molecule has 1 aliphatic rings. The van der Waals surface area contributed by atoms with E-state index in [1.807, 2.05) is 54.6 Å². The van der Waals surface area contributed by atoms with E-state index in [4.69, 9.17) is 0 Å². The fraction of sp³-hybridized carbons (Fsp3) is 0.231. The Morgan fingerprint density at radius 3 is 2.32 bits per heavy atom. The van der Waals surface area contributed by atoms with E-state index in [0.717, 1.165) is 17.7 Å². The second-order valence-electron chi connectivity index (χ2n) is 7.98. The average molecular weight is 416 g/mol. The number of anilines is 1. The zero-order chi connectivity index (χ0) is 21.6. The van der Waals surface area contributed by atoms with Crippen LogP contribution >= 0.6 is 0 Å². The fourth-order valence-electron chi connectivity index (χ4n) is 3.45. The van der Waals surface area contributed by atoms with Crippen LogP contribution in [0, 0.1) is 11.7 Å². The van der Waals surface area contributed by atoms with Crippen molar-refractivity contribution in [2.24, 2.45) is 5.92 Å². The highest BCUT2D eigenvalue weighted by molar-refractivity contribution is 6.06. The largest absolute Gasteiger partial charge is 0.356 e. The first-order valence-corrected chi connectivity index (χ1v) is 10.6. The molecule has 31 heavy (non-hydrogen) atoms. The third-order valence-corrected chi connectivity index (χ3v) is 5.40. The average Bonchev–Trinajstić information content (AvgIpc) is 3.62. The highest BCUT2D eigenvalue weighted by Crippen LogP contribution is 2.27. The van der Waals surface area contributed by atoms with Gasteiger partial charge in [-0.15, -0.1) is 0 Å². The summed E-state index contributed by atoms with van der Waals surface area (Å²) in [6.07, 6.45) is 2.71. The van der Waals surface area contributed by atoms with Crippen molar-refractivity contribution in [3.8, 4) is 0 Å². The lowest BCUT2D eigenvalue weighted by Crippen LogP contribution is -2.30. The molecular formula is C26H25FN2O2. The molecule has 1 saturated carbocycles. The summed E-state index contributed by atoms with van der Waals surface area (Å²) in [6, 6.07) is 22.8. The van der Waals surface area contributed by atoms with Crippen molar-refractivity contribution in [2.75, 3.05) is 11.4 Å². The first kappa shape index (κ1) is 20.8. The second kappa shape index (κ2) is 9.56. The van der Waals surface area contributed by atoms with Gasteiger partial charge >= 0.3 is 0 Å². The molecule has 5 heteroatoms. The SMILES string of the molecule is O=C(Cc1ccc(N(Cc2ccccc2)C(=O)c2cccc(F)c2)cc1)NCC1CC1. The van der Waals surface area contributed by atoms with Gasteiger partial charge in [0.15, 0.2) is 0 Å². The lowest BCUT2D eigenvalue weighted by molar-refractivity contribution is -0.120. The Kier molecular flexibility index (Phi) is 6.41. The second-order valence-corrected chi connectivity index (χ2v) is 7.98. The Morgan fingerprint density at radius 2 is 1.65 bits per heavy atom. The van der Waals surface area contributed by atoms with Crippen LogP contribution in [0.4, 0.5) is 10.1 Å². The van der Waals surface area contributed by atoms with Crippen molar-refractivity contribution in [3.05, 3.63) is 101 Å². The molecule has 0 aliphatic heterocycles. The van der Waals surface area contributed by atoms with Crippen molar-refractivity contribution < 1.29 is 14.0 Å². The van der Waals surface area contributed by atoms with Crippen LogP contribution in [0.15, 0.2) is 78.9 Å². The number of benzene rings is 3. The van der Waals surface area contributed by atoms with E-state index < -0.39 is 5.82 Å². The van der Waals surface area contributed by atoms with Crippen LogP contribution in [-0.4, -0.2) is 18.4 Å². The van der Waals surface area contributed by atoms with Crippen LogP contribution in [0.5, 0.6) is 0 Å². The van der Waals surface area contributed by atoms with Crippen molar-refractivity contribution in [1.82, 2.24) is 5.32 Å². The predicted octanol–water partition coefficient (Wildman–Crippen LogP) is 4.74. The van der Waals surface area contributed by atoms with E-state index in [0.29, 0.717) is 30.1 Å². The predicted molar refractivity (Wildman–Crippen MR) is 119 cm³/mol. The Balaban J connectivity index is 1.52. The number of rotatable bonds is 8. The third kappa shape index (κ3) is 5.79. The van der Waals surface area contributed by atoms with Crippen LogP contribution in [-0.2, 0) is 17.8 Å². The minimum absolute atomic E-state index is 0.0108. The van der Waals surface area contributed by atoms with Crippen LogP contribution in [0.1, 0.15) is 34.3 Å². The molecule has 0 radical (unpaired) electrons. The van der Waals surface area contributed by atoms with Crippen molar-refractivity contribution in [1.29, 1.82) is 0 Å². The monoisotopic (exact) mass is 416 g/mol. The first-order valence-electron chi connectivity index (χ1n) is 10.6. The molecule has 158 valence electrons. The zero-order valence-electron chi connectivity index (χ0n) is 17.3. The summed E-state index contributed by atoms with van der Waals surface area (Å²) in [5, 5.41) is 2.97. The van der Waals surface area contributed by atoms with Crippen LogP contribution < -0.4 is 10.2 Å². The minimum Gasteiger partial charge on any atom is -0.356 e. The van der Waals surface area contributed by atoms with Gasteiger partial charge in [-0.25, -0.2) is 4.39 Å². The summed E-state index contributed by atoms with van der Waals surface area (Å²) in [7, 11) is 0.